The van der Waals surface area contributed by atoms with Gasteiger partial charge in [-0.05, 0) is 36.8 Å². The molecular weight excluding hydrogens is 282 g/mol. The number of thioether (sulfide) groups is 1. The molecule has 1 aromatic carbocycles. The van der Waals surface area contributed by atoms with E-state index in [4.69, 9.17) is 0 Å². The molecule has 88 valence electrons. The molecule has 1 N–H and O–H groups in total. The third kappa shape index (κ3) is 3.02. The first-order valence-corrected chi connectivity index (χ1v) is 7.64. The van der Waals surface area contributed by atoms with Gasteiger partial charge >= 0.3 is 0 Å². The van der Waals surface area contributed by atoms with E-state index in [0.717, 1.165) is 9.72 Å². The number of halogens is 1. The molecule has 0 spiro atoms. The van der Waals surface area contributed by atoms with Gasteiger partial charge in [-0.3, -0.25) is 0 Å². The molecule has 1 nitrogen and oxygen atoms in total. The van der Waals surface area contributed by atoms with Crippen LogP contribution in [0.25, 0.3) is 0 Å². The Morgan fingerprint density at radius 2 is 2.31 bits per heavy atom. The van der Waals surface area contributed by atoms with Crippen molar-refractivity contribution < 1.29 is 0 Å². The van der Waals surface area contributed by atoms with Gasteiger partial charge in [0.05, 0.1) is 0 Å². The van der Waals surface area contributed by atoms with Crippen molar-refractivity contribution in [3.05, 3.63) is 34.3 Å². The molecule has 0 aromatic heterocycles. The van der Waals surface area contributed by atoms with Crippen molar-refractivity contribution >= 4 is 27.7 Å². The summed E-state index contributed by atoms with van der Waals surface area (Å²) in [5.74, 6) is 1.30. The van der Waals surface area contributed by atoms with Crippen LogP contribution in [-0.2, 0) is 0 Å². The van der Waals surface area contributed by atoms with Gasteiger partial charge < -0.3 is 5.32 Å². The summed E-state index contributed by atoms with van der Waals surface area (Å²) >= 11 is 5.60. The standard InChI is InChI=1S/C13H18BrNS/c1-9(11-4-3-5-12(14)8-11)15-13-6-7-16-10(13)2/h3-5,8-10,13,15H,6-7H2,1-2H3/t9-,10?,13?/m0/s1. The molecule has 3 atom stereocenters. The first-order chi connectivity index (χ1) is 7.66. The molecule has 1 heterocycles. The molecule has 0 aliphatic carbocycles. The summed E-state index contributed by atoms with van der Waals surface area (Å²) in [5.41, 5.74) is 1.36. The molecule has 3 heteroatoms. The predicted molar refractivity (Wildman–Crippen MR) is 76.0 cm³/mol. The van der Waals surface area contributed by atoms with Crippen molar-refractivity contribution in [3.63, 3.8) is 0 Å². The van der Waals surface area contributed by atoms with Crippen molar-refractivity contribution in [1.82, 2.24) is 5.32 Å². The minimum Gasteiger partial charge on any atom is -0.306 e. The van der Waals surface area contributed by atoms with Crippen LogP contribution in [0.1, 0.15) is 31.9 Å². The highest BCUT2D eigenvalue weighted by Gasteiger charge is 2.25. The lowest BCUT2D eigenvalue weighted by Crippen LogP contribution is -2.35. The first-order valence-electron chi connectivity index (χ1n) is 5.80. The van der Waals surface area contributed by atoms with Crippen LogP contribution < -0.4 is 5.32 Å². The van der Waals surface area contributed by atoms with Crippen LogP contribution in [0, 0.1) is 0 Å². The Hall–Kier alpha value is 0.01000. The molecule has 2 unspecified atom stereocenters. The Morgan fingerprint density at radius 3 is 2.94 bits per heavy atom. The van der Waals surface area contributed by atoms with Crippen molar-refractivity contribution in [3.8, 4) is 0 Å². The van der Waals surface area contributed by atoms with Gasteiger partial charge in [-0.2, -0.15) is 11.8 Å². The van der Waals surface area contributed by atoms with Crippen LogP contribution in [0.4, 0.5) is 0 Å². The van der Waals surface area contributed by atoms with Crippen LogP contribution in [0.5, 0.6) is 0 Å². The lowest BCUT2D eigenvalue weighted by atomic mass is 10.1. The van der Waals surface area contributed by atoms with Crippen molar-refractivity contribution in [2.75, 3.05) is 5.75 Å². The van der Waals surface area contributed by atoms with Crippen molar-refractivity contribution in [1.29, 1.82) is 0 Å². The second-order valence-electron chi connectivity index (χ2n) is 4.41. The minimum absolute atomic E-state index is 0.434. The summed E-state index contributed by atoms with van der Waals surface area (Å²) in [7, 11) is 0. The Morgan fingerprint density at radius 1 is 1.50 bits per heavy atom. The zero-order chi connectivity index (χ0) is 11.5. The number of rotatable bonds is 3. The minimum atomic E-state index is 0.434. The van der Waals surface area contributed by atoms with Gasteiger partial charge in [0.15, 0.2) is 0 Å². The molecule has 1 aliphatic rings. The van der Waals surface area contributed by atoms with E-state index >= 15 is 0 Å². The van der Waals surface area contributed by atoms with E-state index in [1.165, 1.54) is 17.7 Å². The SMILES string of the molecule is CC1SCCC1N[C@@H](C)c1cccc(Br)c1. The molecule has 1 aliphatic heterocycles. The number of hydrogen-bond donors (Lipinski definition) is 1. The summed E-state index contributed by atoms with van der Waals surface area (Å²) in [5, 5.41) is 4.48. The maximum absolute atomic E-state index is 3.73. The molecule has 1 fully saturated rings. The van der Waals surface area contributed by atoms with E-state index in [1.54, 1.807) is 0 Å². The van der Waals surface area contributed by atoms with Gasteiger partial charge in [0.1, 0.15) is 0 Å². The Kier molecular flexibility index (Phi) is 4.34. The van der Waals surface area contributed by atoms with Gasteiger partial charge in [0.2, 0.25) is 0 Å². The van der Waals surface area contributed by atoms with Crippen LogP contribution >= 0.6 is 27.7 Å². The smallest absolute Gasteiger partial charge is 0.0295 e. The molecule has 0 saturated carbocycles. The average Bonchev–Trinajstić information content (AvgIpc) is 2.64. The highest BCUT2D eigenvalue weighted by Crippen LogP contribution is 2.28. The molecule has 0 bridgehead atoms. The zero-order valence-corrected chi connectivity index (χ0v) is 12.1. The van der Waals surface area contributed by atoms with Crippen LogP contribution in [0.2, 0.25) is 0 Å². The van der Waals surface area contributed by atoms with Gasteiger partial charge in [-0.1, -0.05) is 35.0 Å². The quantitative estimate of drug-likeness (QED) is 0.905. The first kappa shape index (κ1) is 12.5. The van der Waals surface area contributed by atoms with Crippen molar-refractivity contribution in [2.45, 2.75) is 37.6 Å². The average molecular weight is 300 g/mol. The van der Waals surface area contributed by atoms with Gasteiger partial charge in [-0.15, -0.1) is 0 Å². The van der Waals surface area contributed by atoms with E-state index in [9.17, 15) is 0 Å². The number of hydrogen-bond acceptors (Lipinski definition) is 2. The number of benzene rings is 1. The second kappa shape index (κ2) is 5.56. The fraction of sp³-hybridized carbons (Fsp3) is 0.538. The van der Waals surface area contributed by atoms with Crippen LogP contribution in [-0.4, -0.2) is 17.0 Å². The maximum atomic E-state index is 3.73. The highest BCUT2D eigenvalue weighted by atomic mass is 79.9. The third-order valence-corrected chi connectivity index (χ3v) is 5.01. The summed E-state index contributed by atoms with van der Waals surface area (Å²) in [4.78, 5) is 0. The molecule has 2 rings (SSSR count). The van der Waals surface area contributed by atoms with Crippen LogP contribution in [0.15, 0.2) is 28.7 Å². The topological polar surface area (TPSA) is 12.0 Å². The molecule has 16 heavy (non-hydrogen) atoms. The molecule has 0 radical (unpaired) electrons. The molecular formula is C13H18BrNS. The zero-order valence-electron chi connectivity index (χ0n) is 9.74. The lowest BCUT2D eigenvalue weighted by Gasteiger charge is -2.22. The highest BCUT2D eigenvalue weighted by molar-refractivity contribution is 9.10. The molecule has 1 saturated heterocycles. The Bertz CT molecular complexity index is 356. The maximum Gasteiger partial charge on any atom is 0.0295 e. The Labute approximate surface area is 111 Å². The van der Waals surface area contributed by atoms with Crippen molar-refractivity contribution in [2.24, 2.45) is 0 Å². The van der Waals surface area contributed by atoms with E-state index in [2.05, 4.69) is 71.1 Å². The van der Waals surface area contributed by atoms with E-state index in [-0.39, 0.29) is 0 Å². The van der Waals surface area contributed by atoms with E-state index in [0.29, 0.717) is 12.1 Å². The van der Waals surface area contributed by atoms with Crippen LogP contribution in [0.3, 0.4) is 0 Å². The summed E-state index contributed by atoms with van der Waals surface area (Å²) < 4.78 is 1.16. The third-order valence-electron chi connectivity index (χ3n) is 3.19. The Balaban J connectivity index is 1.99. The molecule has 1 aromatic rings. The fourth-order valence-corrected chi connectivity index (χ4v) is 3.77. The lowest BCUT2D eigenvalue weighted by molar-refractivity contribution is 0.454. The molecule has 0 amide bonds. The summed E-state index contributed by atoms with van der Waals surface area (Å²) in [6.07, 6.45) is 1.30. The van der Waals surface area contributed by atoms with Gasteiger partial charge in [0.25, 0.3) is 0 Å². The van der Waals surface area contributed by atoms with Gasteiger partial charge in [0, 0.05) is 21.8 Å². The summed E-state index contributed by atoms with van der Waals surface area (Å²) in [6, 6.07) is 9.66. The largest absolute Gasteiger partial charge is 0.306 e. The van der Waals surface area contributed by atoms with E-state index < -0.39 is 0 Å². The number of nitrogens with one attached hydrogen (secondary N) is 1. The predicted octanol–water partition coefficient (Wildman–Crippen LogP) is 3.99. The normalized spacial score (nSPS) is 26.9. The van der Waals surface area contributed by atoms with Gasteiger partial charge in [-0.25, -0.2) is 0 Å². The fourth-order valence-electron chi connectivity index (χ4n) is 2.14. The monoisotopic (exact) mass is 299 g/mol. The van der Waals surface area contributed by atoms with E-state index in [1.807, 2.05) is 0 Å². The summed E-state index contributed by atoms with van der Waals surface area (Å²) in [6.45, 7) is 4.57. The second-order valence-corrected chi connectivity index (χ2v) is 6.82.